The zero-order valence-electron chi connectivity index (χ0n) is 25.6. The average Bonchev–Trinajstić information content (AvgIpc) is 3.69. The van der Waals surface area contributed by atoms with E-state index < -0.39 is 0 Å². The molecule has 43 heavy (non-hydrogen) atoms. The van der Waals surface area contributed by atoms with Crippen LogP contribution < -0.4 is 4.90 Å². The number of aromatic nitrogens is 2. The molecule has 2 aliphatic heterocycles. The highest BCUT2D eigenvalue weighted by Gasteiger charge is 2.32. The van der Waals surface area contributed by atoms with Crippen LogP contribution >= 0.6 is 0 Å². The molecule has 2 aromatic heterocycles. The second kappa shape index (κ2) is 14.1. The maximum atomic E-state index is 12.9. The third-order valence-electron chi connectivity index (χ3n) is 8.78. The predicted octanol–water partition coefficient (Wildman–Crippen LogP) is 6.16. The van der Waals surface area contributed by atoms with Crippen LogP contribution in [-0.4, -0.2) is 82.3 Å². The fourth-order valence-electron chi connectivity index (χ4n) is 6.37. The second-order valence-corrected chi connectivity index (χ2v) is 11.6. The number of benzene rings is 1. The molecule has 0 aliphatic carbocycles. The maximum Gasteiger partial charge on any atom is 0.248 e. The molecule has 9 nitrogen and oxygen atoms in total. The molecule has 0 saturated carbocycles. The highest BCUT2D eigenvalue weighted by Crippen LogP contribution is 2.34. The summed E-state index contributed by atoms with van der Waals surface area (Å²) in [5.74, 6) is 1.72. The first-order chi connectivity index (χ1) is 20.9. The summed E-state index contributed by atoms with van der Waals surface area (Å²) in [5.41, 5.74) is 3.62. The number of fused-ring (bicyclic) bond motifs is 3. The fraction of sp³-hybridized carbons (Fsp3) is 0.500. The number of nitrogens with zero attached hydrogens (tertiary/aromatic N) is 5. The fourth-order valence-corrected chi connectivity index (χ4v) is 6.37. The molecule has 3 aromatic rings. The SMILES string of the molecule is C=CCC(/C(C)=C\C)N(C(=C)O)C1CCN(C(=O)COCCCc2nc(N3CCCC3)c3oc4ccccc4c3n2)CC1. The van der Waals surface area contributed by atoms with Crippen LogP contribution in [0.5, 0.6) is 0 Å². The number of piperidine rings is 1. The Balaban J connectivity index is 1.13. The Morgan fingerprint density at radius 2 is 1.95 bits per heavy atom. The molecule has 2 fully saturated rings. The third-order valence-corrected chi connectivity index (χ3v) is 8.78. The number of para-hydroxylation sites is 1. The molecule has 0 bridgehead atoms. The molecule has 2 saturated heterocycles. The Labute approximate surface area is 254 Å². The number of anilines is 1. The Morgan fingerprint density at radius 1 is 1.21 bits per heavy atom. The van der Waals surface area contributed by atoms with Crippen LogP contribution in [0.2, 0.25) is 0 Å². The maximum absolute atomic E-state index is 12.9. The van der Waals surface area contributed by atoms with Crippen molar-refractivity contribution in [1.82, 2.24) is 19.8 Å². The Hall–Kier alpha value is -3.85. The van der Waals surface area contributed by atoms with Crippen LogP contribution in [0.3, 0.4) is 0 Å². The van der Waals surface area contributed by atoms with Gasteiger partial charge in [0.1, 0.15) is 23.5 Å². The number of allylic oxidation sites excluding steroid dienone is 1. The van der Waals surface area contributed by atoms with E-state index in [-0.39, 0.29) is 30.5 Å². The lowest BCUT2D eigenvalue weighted by atomic mass is 9.96. The highest BCUT2D eigenvalue weighted by molar-refractivity contribution is 6.05. The van der Waals surface area contributed by atoms with Gasteiger partial charge in [-0.1, -0.05) is 29.9 Å². The minimum atomic E-state index is -0.000965. The van der Waals surface area contributed by atoms with Crippen molar-refractivity contribution in [3.63, 3.8) is 0 Å². The van der Waals surface area contributed by atoms with Gasteiger partial charge >= 0.3 is 0 Å². The number of aryl methyl sites for hydroxylation is 1. The molecular formula is C34H45N5O4. The number of hydrogen-bond donors (Lipinski definition) is 1. The van der Waals surface area contributed by atoms with Crippen molar-refractivity contribution < 1.29 is 19.1 Å². The summed E-state index contributed by atoms with van der Waals surface area (Å²) >= 11 is 0. The van der Waals surface area contributed by atoms with E-state index in [1.807, 2.05) is 47.1 Å². The van der Waals surface area contributed by atoms with Gasteiger partial charge in [-0.15, -0.1) is 6.58 Å². The standard InChI is InChI=1S/C34H45N5O4/c1-5-12-28(24(3)6-2)39(25(4)40)26-16-20-37(21-17-26)31(41)23-42-22-11-15-30-35-32-27-13-7-8-14-29(27)43-33(32)34(36-30)38-18-9-10-19-38/h5-8,13-14,26,28,40H,1,4,9-12,15-23H2,2-3H3/b24-6-. The Kier molecular flexibility index (Phi) is 10.0. The van der Waals surface area contributed by atoms with Gasteiger partial charge in [-0.25, -0.2) is 9.97 Å². The predicted molar refractivity (Wildman–Crippen MR) is 171 cm³/mol. The molecule has 230 valence electrons. The lowest BCUT2D eigenvalue weighted by Crippen LogP contribution is -2.50. The van der Waals surface area contributed by atoms with E-state index in [0.29, 0.717) is 26.1 Å². The minimum Gasteiger partial charge on any atom is -0.495 e. The van der Waals surface area contributed by atoms with Crippen LogP contribution in [0.25, 0.3) is 22.1 Å². The molecule has 9 heteroatoms. The van der Waals surface area contributed by atoms with Gasteiger partial charge in [0.25, 0.3) is 0 Å². The van der Waals surface area contributed by atoms with Gasteiger partial charge in [0, 0.05) is 50.6 Å². The number of aliphatic hydroxyl groups excluding tert-OH is 1. The monoisotopic (exact) mass is 587 g/mol. The molecule has 1 amide bonds. The molecular weight excluding hydrogens is 542 g/mol. The van der Waals surface area contributed by atoms with E-state index in [2.05, 4.69) is 31.1 Å². The summed E-state index contributed by atoms with van der Waals surface area (Å²) < 4.78 is 12.0. The largest absolute Gasteiger partial charge is 0.495 e. The van der Waals surface area contributed by atoms with Crippen molar-refractivity contribution in [3.8, 4) is 0 Å². The molecule has 1 N–H and O–H groups in total. The van der Waals surface area contributed by atoms with Gasteiger partial charge in [-0.2, -0.15) is 0 Å². The van der Waals surface area contributed by atoms with Crippen molar-refractivity contribution in [2.75, 3.05) is 44.3 Å². The normalized spacial score (nSPS) is 17.1. The number of rotatable bonds is 13. The third kappa shape index (κ3) is 6.88. The van der Waals surface area contributed by atoms with Gasteiger partial charge in [0.05, 0.1) is 6.04 Å². The summed E-state index contributed by atoms with van der Waals surface area (Å²) in [7, 11) is 0. The number of aliphatic hydroxyl groups is 1. The van der Waals surface area contributed by atoms with Crippen molar-refractivity contribution in [1.29, 1.82) is 0 Å². The first-order valence-electron chi connectivity index (χ1n) is 15.6. The summed E-state index contributed by atoms with van der Waals surface area (Å²) in [6.45, 7) is 15.5. The molecule has 1 unspecified atom stereocenters. The molecule has 1 atom stereocenters. The molecule has 1 aromatic carbocycles. The molecule has 0 radical (unpaired) electrons. The lowest BCUT2D eigenvalue weighted by Gasteiger charge is -2.43. The van der Waals surface area contributed by atoms with Crippen molar-refractivity contribution in [2.45, 2.75) is 70.9 Å². The lowest BCUT2D eigenvalue weighted by molar-refractivity contribution is -0.137. The van der Waals surface area contributed by atoms with Crippen molar-refractivity contribution >= 4 is 33.8 Å². The van der Waals surface area contributed by atoms with Crippen LogP contribution in [0.4, 0.5) is 5.82 Å². The number of ether oxygens (including phenoxy) is 1. The topological polar surface area (TPSA) is 95.2 Å². The number of hydrogen-bond acceptors (Lipinski definition) is 8. The summed E-state index contributed by atoms with van der Waals surface area (Å²) in [6.07, 6.45) is 9.88. The van der Waals surface area contributed by atoms with E-state index in [9.17, 15) is 9.90 Å². The van der Waals surface area contributed by atoms with E-state index in [0.717, 1.165) is 90.9 Å². The quantitative estimate of drug-likeness (QED) is 0.144. The Morgan fingerprint density at radius 3 is 2.65 bits per heavy atom. The van der Waals surface area contributed by atoms with Gasteiger partial charge < -0.3 is 29.0 Å². The molecule has 4 heterocycles. The summed E-state index contributed by atoms with van der Waals surface area (Å²) in [6, 6.07) is 8.12. The zero-order chi connectivity index (χ0) is 30.3. The number of carbonyl (C=O) groups is 1. The van der Waals surface area contributed by atoms with Crippen LogP contribution in [-0.2, 0) is 16.0 Å². The van der Waals surface area contributed by atoms with E-state index in [1.165, 1.54) is 0 Å². The summed E-state index contributed by atoms with van der Waals surface area (Å²) in [4.78, 5) is 28.9. The molecule has 0 spiro atoms. The second-order valence-electron chi connectivity index (χ2n) is 11.6. The van der Waals surface area contributed by atoms with E-state index >= 15 is 0 Å². The number of likely N-dealkylation sites (tertiary alicyclic amines) is 1. The van der Waals surface area contributed by atoms with Crippen molar-refractivity contribution in [3.05, 3.63) is 66.9 Å². The van der Waals surface area contributed by atoms with Crippen LogP contribution in [0.15, 0.2) is 65.4 Å². The van der Waals surface area contributed by atoms with Gasteiger partial charge in [0.2, 0.25) is 5.91 Å². The Bertz CT molecular complexity index is 1470. The van der Waals surface area contributed by atoms with Crippen molar-refractivity contribution in [2.24, 2.45) is 0 Å². The van der Waals surface area contributed by atoms with E-state index in [4.69, 9.17) is 19.1 Å². The number of carbonyl (C=O) groups excluding carboxylic acids is 1. The molecule has 5 rings (SSSR count). The minimum absolute atomic E-state index is 0.000965. The number of furan rings is 1. The summed E-state index contributed by atoms with van der Waals surface area (Å²) in [5, 5.41) is 11.4. The zero-order valence-corrected chi connectivity index (χ0v) is 25.6. The van der Waals surface area contributed by atoms with Gasteiger partial charge in [-0.05, 0) is 71.1 Å². The first-order valence-corrected chi connectivity index (χ1v) is 15.6. The van der Waals surface area contributed by atoms with E-state index in [1.54, 1.807) is 0 Å². The van der Waals surface area contributed by atoms with Gasteiger partial charge in [0.15, 0.2) is 17.3 Å². The van der Waals surface area contributed by atoms with Crippen LogP contribution in [0, 0.1) is 0 Å². The molecule has 2 aliphatic rings. The average molecular weight is 588 g/mol. The number of amides is 1. The highest BCUT2D eigenvalue weighted by atomic mass is 16.5. The van der Waals surface area contributed by atoms with Crippen LogP contribution in [0.1, 0.15) is 58.2 Å². The van der Waals surface area contributed by atoms with Gasteiger partial charge in [-0.3, -0.25) is 4.79 Å². The smallest absolute Gasteiger partial charge is 0.248 e. The first kappa shape index (κ1) is 30.6.